The van der Waals surface area contributed by atoms with E-state index in [2.05, 4.69) is 20.4 Å². The van der Waals surface area contributed by atoms with Gasteiger partial charge in [0.1, 0.15) is 0 Å². The van der Waals surface area contributed by atoms with E-state index < -0.39 is 0 Å². The van der Waals surface area contributed by atoms with Crippen molar-refractivity contribution in [1.82, 2.24) is 20.4 Å². The van der Waals surface area contributed by atoms with Gasteiger partial charge in [-0.25, -0.2) is 0 Å². The van der Waals surface area contributed by atoms with Crippen molar-refractivity contribution >= 4 is 0 Å². The number of nitrogens with one attached hydrogen (secondary N) is 1. The summed E-state index contributed by atoms with van der Waals surface area (Å²) >= 11 is 0. The predicted molar refractivity (Wildman–Crippen MR) is 76.3 cm³/mol. The molecule has 2 rings (SSSR count). The predicted octanol–water partition coefficient (Wildman–Crippen LogP) is 0.987. The number of likely N-dealkylation sites (tertiary alicyclic amines) is 1. The van der Waals surface area contributed by atoms with Crippen molar-refractivity contribution in [2.45, 2.75) is 39.2 Å². The maximum Gasteiger partial charge on any atom is 0.229 e. The molecule has 2 N–H and O–H groups in total. The molecule has 6 nitrogen and oxygen atoms in total. The molecule has 1 aromatic rings. The molecule has 0 bridgehead atoms. The number of nitrogens with zero attached hydrogens (tertiary/aromatic N) is 3. The van der Waals surface area contributed by atoms with Crippen LogP contribution in [0.4, 0.5) is 0 Å². The van der Waals surface area contributed by atoms with Crippen LogP contribution in [0.2, 0.25) is 0 Å². The van der Waals surface area contributed by atoms with Crippen LogP contribution < -0.4 is 5.32 Å². The van der Waals surface area contributed by atoms with E-state index in [1.54, 1.807) is 0 Å². The Labute approximate surface area is 120 Å². The standard InChI is InChI=1S/C14H26N4O2/c1-11(2)14-16-13(17-20-14)10-15-9-12-3-5-18(6-4-12)7-8-19/h11-12,15,19H,3-10H2,1-2H3. The summed E-state index contributed by atoms with van der Waals surface area (Å²) in [6.07, 6.45) is 2.38. The van der Waals surface area contributed by atoms with Crippen LogP contribution in [-0.2, 0) is 6.54 Å². The van der Waals surface area contributed by atoms with Gasteiger partial charge in [0.2, 0.25) is 5.89 Å². The molecule has 1 saturated heterocycles. The van der Waals surface area contributed by atoms with Crippen molar-refractivity contribution < 1.29 is 9.63 Å². The van der Waals surface area contributed by atoms with E-state index in [0.29, 0.717) is 18.4 Å². The largest absolute Gasteiger partial charge is 0.395 e. The van der Waals surface area contributed by atoms with Gasteiger partial charge in [-0.05, 0) is 38.4 Å². The number of aliphatic hydroxyl groups excluding tert-OH is 1. The average molecular weight is 282 g/mol. The fourth-order valence-corrected chi connectivity index (χ4v) is 2.52. The molecular formula is C14H26N4O2. The fraction of sp³-hybridized carbons (Fsp3) is 0.857. The van der Waals surface area contributed by atoms with Gasteiger partial charge in [0.25, 0.3) is 0 Å². The van der Waals surface area contributed by atoms with Crippen LogP contribution in [0.1, 0.15) is 44.3 Å². The van der Waals surface area contributed by atoms with Crippen LogP contribution in [0.25, 0.3) is 0 Å². The van der Waals surface area contributed by atoms with Crippen molar-refractivity contribution in [3.63, 3.8) is 0 Å². The lowest BCUT2D eigenvalue weighted by atomic mass is 9.97. The van der Waals surface area contributed by atoms with Gasteiger partial charge in [0, 0.05) is 12.5 Å². The van der Waals surface area contributed by atoms with Crippen LogP contribution >= 0.6 is 0 Å². The zero-order chi connectivity index (χ0) is 14.4. The molecule has 1 aliphatic rings. The Balaban J connectivity index is 1.64. The fourth-order valence-electron chi connectivity index (χ4n) is 2.52. The zero-order valence-corrected chi connectivity index (χ0v) is 12.5. The molecule has 0 aromatic carbocycles. The zero-order valence-electron chi connectivity index (χ0n) is 12.5. The second-order valence-corrected chi connectivity index (χ2v) is 5.84. The first-order chi connectivity index (χ1) is 9.69. The van der Waals surface area contributed by atoms with E-state index in [9.17, 15) is 0 Å². The minimum Gasteiger partial charge on any atom is -0.395 e. The molecule has 0 aliphatic carbocycles. The Hall–Kier alpha value is -0.980. The molecule has 114 valence electrons. The van der Waals surface area contributed by atoms with Crippen molar-refractivity contribution in [3.8, 4) is 0 Å². The molecule has 0 unspecified atom stereocenters. The van der Waals surface area contributed by atoms with Gasteiger partial charge >= 0.3 is 0 Å². The van der Waals surface area contributed by atoms with Crippen LogP contribution in [0, 0.1) is 5.92 Å². The van der Waals surface area contributed by atoms with Crippen molar-refractivity contribution in [3.05, 3.63) is 11.7 Å². The first-order valence-corrected chi connectivity index (χ1v) is 7.55. The lowest BCUT2D eigenvalue weighted by molar-refractivity contribution is 0.146. The molecule has 0 atom stereocenters. The minimum absolute atomic E-state index is 0.263. The van der Waals surface area contributed by atoms with E-state index in [1.807, 2.05) is 13.8 Å². The summed E-state index contributed by atoms with van der Waals surface area (Å²) < 4.78 is 5.18. The topological polar surface area (TPSA) is 74.4 Å². The second kappa shape index (κ2) is 7.71. The maximum atomic E-state index is 8.92. The summed E-state index contributed by atoms with van der Waals surface area (Å²) in [5.74, 6) is 2.44. The highest BCUT2D eigenvalue weighted by atomic mass is 16.5. The third-order valence-electron chi connectivity index (χ3n) is 3.82. The van der Waals surface area contributed by atoms with Gasteiger partial charge in [-0.3, -0.25) is 0 Å². The van der Waals surface area contributed by atoms with Gasteiger partial charge in [-0.2, -0.15) is 4.98 Å². The summed E-state index contributed by atoms with van der Waals surface area (Å²) in [7, 11) is 0. The Bertz CT molecular complexity index is 386. The van der Waals surface area contributed by atoms with Crippen molar-refractivity contribution in [1.29, 1.82) is 0 Å². The molecule has 20 heavy (non-hydrogen) atoms. The van der Waals surface area contributed by atoms with E-state index in [1.165, 1.54) is 12.8 Å². The van der Waals surface area contributed by atoms with Gasteiger partial charge < -0.3 is 19.8 Å². The second-order valence-electron chi connectivity index (χ2n) is 5.84. The molecule has 1 fully saturated rings. The number of hydrogen-bond acceptors (Lipinski definition) is 6. The molecule has 1 aromatic heterocycles. The number of aliphatic hydroxyl groups is 1. The van der Waals surface area contributed by atoms with Gasteiger partial charge in [0.05, 0.1) is 13.2 Å². The van der Waals surface area contributed by atoms with Gasteiger partial charge in [-0.1, -0.05) is 19.0 Å². The highest BCUT2D eigenvalue weighted by Gasteiger charge is 2.18. The average Bonchev–Trinajstić information content (AvgIpc) is 2.90. The van der Waals surface area contributed by atoms with E-state index in [-0.39, 0.29) is 12.5 Å². The smallest absolute Gasteiger partial charge is 0.229 e. The van der Waals surface area contributed by atoms with Gasteiger partial charge in [-0.15, -0.1) is 0 Å². The Morgan fingerprint density at radius 3 is 2.75 bits per heavy atom. The van der Waals surface area contributed by atoms with E-state index >= 15 is 0 Å². The number of piperidine rings is 1. The minimum atomic E-state index is 0.263. The van der Waals surface area contributed by atoms with Gasteiger partial charge in [0.15, 0.2) is 5.82 Å². The Morgan fingerprint density at radius 2 is 2.15 bits per heavy atom. The van der Waals surface area contributed by atoms with Crippen molar-refractivity contribution in [2.75, 3.05) is 32.8 Å². The third kappa shape index (κ3) is 4.54. The van der Waals surface area contributed by atoms with Crippen LogP contribution in [0.5, 0.6) is 0 Å². The molecule has 0 spiro atoms. The summed E-state index contributed by atoms with van der Waals surface area (Å²) in [6, 6.07) is 0. The van der Waals surface area contributed by atoms with Crippen molar-refractivity contribution in [2.24, 2.45) is 5.92 Å². The highest BCUT2D eigenvalue weighted by molar-refractivity contribution is 4.90. The van der Waals surface area contributed by atoms with E-state index in [0.717, 1.165) is 32.0 Å². The first kappa shape index (κ1) is 15.4. The molecule has 6 heteroatoms. The number of aromatic nitrogens is 2. The maximum absolute atomic E-state index is 8.92. The summed E-state index contributed by atoms with van der Waals surface area (Å²) in [5, 5.41) is 16.3. The van der Waals surface area contributed by atoms with Crippen LogP contribution in [-0.4, -0.2) is 52.9 Å². The molecule has 0 radical (unpaired) electrons. The lowest BCUT2D eigenvalue weighted by Gasteiger charge is -2.31. The van der Waals surface area contributed by atoms with Crippen LogP contribution in [0.15, 0.2) is 4.52 Å². The number of β-amino-alcohol motifs (C(OH)–C–C–N with tert-alkyl or cyclic N) is 1. The molecular weight excluding hydrogens is 256 g/mol. The quantitative estimate of drug-likeness (QED) is 0.777. The monoisotopic (exact) mass is 282 g/mol. The highest BCUT2D eigenvalue weighted by Crippen LogP contribution is 2.16. The third-order valence-corrected chi connectivity index (χ3v) is 3.82. The number of rotatable bonds is 7. The normalized spacial score (nSPS) is 18.0. The van der Waals surface area contributed by atoms with Crippen LogP contribution in [0.3, 0.4) is 0 Å². The summed E-state index contributed by atoms with van der Waals surface area (Å²) in [4.78, 5) is 6.68. The van der Waals surface area contributed by atoms with E-state index in [4.69, 9.17) is 9.63 Å². The first-order valence-electron chi connectivity index (χ1n) is 7.55. The molecule has 0 saturated carbocycles. The number of hydrogen-bond donors (Lipinski definition) is 2. The summed E-state index contributed by atoms with van der Waals surface area (Å²) in [6.45, 7) is 9.01. The Morgan fingerprint density at radius 1 is 1.40 bits per heavy atom. The molecule has 0 amide bonds. The Kier molecular flexibility index (Phi) is 5.94. The molecule has 1 aliphatic heterocycles. The molecule has 2 heterocycles. The lowest BCUT2D eigenvalue weighted by Crippen LogP contribution is -2.38. The summed E-state index contributed by atoms with van der Waals surface area (Å²) in [5.41, 5.74) is 0. The SMILES string of the molecule is CC(C)c1nc(CNCC2CCN(CCO)CC2)no1.